The van der Waals surface area contributed by atoms with E-state index in [4.69, 9.17) is 14.7 Å². The minimum absolute atomic E-state index is 0.180. The van der Waals surface area contributed by atoms with Gasteiger partial charge in [-0.2, -0.15) is 5.26 Å². The van der Waals surface area contributed by atoms with Crippen molar-refractivity contribution < 1.29 is 14.6 Å². The zero-order valence-corrected chi connectivity index (χ0v) is 12.1. The van der Waals surface area contributed by atoms with Crippen molar-refractivity contribution in [3.05, 3.63) is 29.8 Å². The first kappa shape index (κ1) is 15.8. The highest BCUT2D eigenvalue weighted by Gasteiger charge is 2.14. The van der Waals surface area contributed by atoms with Gasteiger partial charge in [0.05, 0.1) is 5.56 Å². The van der Waals surface area contributed by atoms with Gasteiger partial charge in [-0.25, -0.2) is 0 Å². The molecular formula is C16H22N2O3. The van der Waals surface area contributed by atoms with Gasteiger partial charge in [0.25, 0.3) is 0 Å². The number of para-hydroxylation sites is 1. The number of hydrogen-bond donors (Lipinski definition) is 2. The van der Waals surface area contributed by atoms with Crippen molar-refractivity contribution in [2.45, 2.75) is 18.9 Å². The largest absolute Gasteiger partial charge is 0.489 e. The Balaban J connectivity index is 1.65. The molecule has 0 aromatic heterocycles. The van der Waals surface area contributed by atoms with Crippen LogP contribution in [0.3, 0.4) is 0 Å². The predicted molar refractivity (Wildman–Crippen MR) is 79.1 cm³/mol. The van der Waals surface area contributed by atoms with Crippen molar-refractivity contribution >= 4 is 0 Å². The highest BCUT2D eigenvalue weighted by Crippen LogP contribution is 2.16. The third-order valence-electron chi connectivity index (χ3n) is 3.59. The molecule has 1 saturated heterocycles. The molecule has 1 aliphatic rings. The summed E-state index contributed by atoms with van der Waals surface area (Å²) < 4.78 is 10.8. The molecule has 1 aliphatic heterocycles. The van der Waals surface area contributed by atoms with Crippen molar-refractivity contribution in [1.82, 2.24) is 5.32 Å². The molecule has 0 spiro atoms. The second-order valence-electron chi connectivity index (χ2n) is 5.29. The topological polar surface area (TPSA) is 74.5 Å². The molecule has 0 amide bonds. The standard InChI is InChI=1S/C16H22N2O3/c17-9-14-3-1-2-4-16(14)21-12-15(19)11-18-10-13-5-7-20-8-6-13/h1-4,13,15,18-19H,5-8,10-12H2. The molecule has 0 radical (unpaired) electrons. The van der Waals surface area contributed by atoms with Gasteiger partial charge in [-0.05, 0) is 37.4 Å². The van der Waals surface area contributed by atoms with Crippen LogP contribution < -0.4 is 10.1 Å². The van der Waals surface area contributed by atoms with Gasteiger partial charge in [-0.3, -0.25) is 0 Å². The van der Waals surface area contributed by atoms with E-state index in [1.165, 1.54) is 0 Å². The fourth-order valence-corrected chi connectivity index (χ4v) is 2.33. The number of nitrogens with one attached hydrogen (secondary N) is 1. The molecule has 5 nitrogen and oxygen atoms in total. The molecule has 21 heavy (non-hydrogen) atoms. The molecular weight excluding hydrogens is 268 g/mol. The Morgan fingerprint density at radius 1 is 1.38 bits per heavy atom. The molecule has 2 N–H and O–H groups in total. The summed E-state index contributed by atoms with van der Waals surface area (Å²) in [5.74, 6) is 1.15. The second kappa shape index (κ2) is 8.63. The number of aliphatic hydroxyl groups is 1. The summed E-state index contributed by atoms with van der Waals surface area (Å²) in [6, 6.07) is 9.11. The van der Waals surface area contributed by atoms with Crippen LogP contribution in [0.15, 0.2) is 24.3 Å². The van der Waals surface area contributed by atoms with E-state index in [2.05, 4.69) is 11.4 Å². The minimum Gasteiger partial charge on any atom is -0.489 e. The monoisotopic (exact) mass is 290 g/mol. The molecule has 0 bridgehead atoms. The molecule has 0 saturated carbocycles. The SMILES string of the molecule is N#Cc1ccccc1OCC(O)CNCC1CCOCC1. The van der Waals surface area contributed by atoms with Gasteiger partial charge in [0.1, 0.15) is 24.5 Å². The van der Waals surface area contributed by atoms with Gasteiger partial charge >= 0.3 is 0 Å². The number of ether oxygens (including phenoxy) is 2. The number of hydrogen-bond acceptors (Lipinski definition) is 5. The van der Waals surface area contributed by atoms with E-state index < -0.39 is 6.10 Å². The highest BCUT2D eigenvalue weighted by molar-refractivity contribution is 5.42. The molecule has 1 aromatic rings. The normalized spacial score (nSPS) is 17.1. The van der Waals surface area contributed by atoms with Gasteiger partial charge < -0.3 is 19.9 Å². The average molecular weight is 290 g/mol. The maximum atomic E-state index is 9.91. The van der Waals surface area contributed by atoms with Crippen LogP contribution in [0.2, 0.25) is 0 Å². The Bertz CT molecular complexity index is 467. The van der Waals surface area contributed by atoms with E-state index in [0.29, 0.717) is 23.8 Å². The highest BCUT2D eigenvalue weighted by atomic mass is 16.5. The number of rotatable bonds is 7. The number of nitriles is 1. The minimum atomic E-state index is -0.586. The van der Waals surface area contributed by atoms with Crippen LogP contribution in [0.4, 0.5) is 0 Å². The summed E-state index contributed by atoms with van der Waals surface area (Å²) >= 11 is 0. The van der Waals surface area contributed by atoms with Crippen molar-refractivity contribution in [3.63, 3.8) is 0 Å². The maximum Gasteiger partial charge on any atom is 0.137 e. The fraction of sp³-hybridized carbons (Fsp3) is 0.562. The molecule has 1 aromatic carbocycles. The van der Waals surface area contributed by atoms with E-state index in [1.807, 2.05) is 6.07 Å². The van der Waals surface area contributed by atoms with Gasteiger partial charge in [0, 0.05) is 19.8 Å². The lowest BCUT2D eigenvalue weighted by Gasteiger charge is -2.23. The van der Waals surface area contributed by atoms with Crippen LogP contribution in [0.25, 0.3) is 0 Å². The predicted octanol–water partition coefficient (Wildman–Crippen LogP) is 1.31. The van der Waals surface area contributed by atoms with E-state index in [0.717, 1.165) is 32.6 Å². The molecule has 1 fully saturated rings. The summed E-state index contributed by atoms with van der Waals surface area (Å²) in [5.41, 5.74) is 0.486. The van der Waals surface area contributed by atoms with Crippen LogP contribution in [0.1, 0.15) is 18.4 Å². The van der Waals surface area contributed by atoms with Gasteiger partial charge in [0.2, 0.25) is 0 Å². The van der Waals surface area contributed by atoms with Crippen LogP contribution in [0.5, 0.6) is 5.75 Å². The van der Waals surface area contributed by atoms with Crippen LogP contribution in [-0.4, -0.2) is 44.1 Å². The third kappa shape index (κ3) is 5.35. The fourth-order valence-electron chi connectivity index (χ4n) is 2.33. The smallest absolute Gasteiger partial charge is 0.137 e. The molecule has 1 atom stereocenters. The van der Waals surface area contributed by atoms with Crippen LogP contribution in [0, 0.1) is 17.2 Å². The van der Waals surface area contributed by atoms with Crippen LogP contribution in [-0.2, 0) is 4.74 Å². The van der Waals surface area contributed by atoms with Gasteiger partial charge in [0.15, 0.2) is 0 Å². The Morgan fingerprint density at radius 2 is 2.14 bits per heavy atom. The van der Waals surface area contributed by atoms with E-state index in [-0.39, 0.29) is 6.61 Å². The Morgan fingerprint density at radius 3 is 2.90 bits per heavy atom. The van der Waals surface area contributed by atoms with Gasteiger partial charge in [-0.1, -0.05) is 12.1 Å². The Hall–Kier alpha value is -1.61. The zero-order valence-electron chi connectivity index (χ0n) is 12.1. The Kier molecular flexibility index (Phi) is 6.48. The quantitative estimate of drug-likeness (QED) is 0.792. The number of nitrogens with zero attached hydrogens (tertiary/aromatic N) is 1. The van der Waals surface area contributed by atoms with Crippen molar-refractivity contribution in [2.24, 2.45) is 5.92 Å². The molecule has 0 aliphatic carbocycles. The second-order valence-corrected chi connectivity index (χ2v) is 5.29. The summed E-state index contributed by atoms with van der Waals surface area (Å²) in [6.07, 6.45) is 1.57. The van der Waals surface area contributed by atoms with Gasteiger partial charge in [-0.15, -0.1) is 0 Å². The van der Waals surface area contributed by atoms with Crippen LogP contribution >= 0.6 is 0 Å². The zero-order chi connectivity index (χ0) is 14.9. The summed E-state index contributed by atoms with van der Waals surface area (Å²) in [5, 5.41) is 22.1. The summed E-state index contributed by atoms with van der Waals surface area (Å²) in [7, 11) is 0. The van der Waals surface area contributed by atoms with E-state index in [1.54, 1.807) is 18.2 Å². The lowest BCUT2D eigenvalue weighted by Crippen LogP contribution is -2.35. The van der Waals surface area contributed by atoms with Crippen molar-refractivity contribution in [1.29, 1.82) is 5.26 Å². The lowest BCUT2D eigenvalue weighted by atomic mass is 10.0. The molecule has 114 valence electrons. The first-order valence-corrected chi connectivity index (χ1v) is 7.38. The number of aliphatic hydroxyl groups excluding tert-OH is 1. The average Bonchev–Trinajstić information content (AvgIpc) is 2.54. The molecule has 5 heteroatoms. The number of benzene rings is 1. The van der Waals surface area contributed by atoms with E-state index >= 15 is 0 Å². The van der Waals surface area contributed by atoms with Crippen molar-refractivity contribution in [3.8, 4) is 11.8 Å². The third-order valence-corrected chi connectivity index (χ3v) is 3.59. The summed E-state index contributed by atoms with van der Waals surface area (Å²) in [4.78, 5) is 0. The molecule has 1 heterocycles. The first-order valence-electron chi connectivity index (χ1n) is 7.38. The molecule has 2 rings (SSSR count). The van der Waals surface area contributed by atoms with E-state index in [9.17, 15) is 5.11 Å². The summed E-state index contributed by atoms with van der Waals surface area (Å²) in [6.45, 7) is 3.24. The molecule has 1 unspecified atom stereocenters. The lowest BCUT2D eigenvalue weighted by molar-refractivity contribution is 0.0630. The first-order chi connectivity index (χ1) is 10.3. The van der Waals surface area contributed by atoms with Crippen molar-refractivity contribution in [2.75, 3.05) is 32.9 Å². The maximum absolute atomic E-state index is 9.91. The Labute approximate surface area is 125 Å².